The first-order chi connectivity index (χ1) is 9.06. The van der Waals surface area contributed by atoms with E-state index in [4.69, 9.17) is 16.5 Å². The van der Waals surface area contributed by atoms with Crippen molar-refractivity contribution >= 4 is 11.7 Å². The molecule has 4 N–H and O–H groups in total. The van der Waals surface area contributed by atoms with E-state index in [0.29, 0.717) is 11.5 Å². The van der Waals surface area contributed by atoms with Gasteiger partial charge >= 0.3 is 0 Å². The fourth-order valence-corrected chi connectivity index (χ4v) is 3.05. The number of carbonyl (C=O) groups is 1. The second-order valence-electron chi connectivity index (χ2n) is 5.73. The van der Waals surface area contributed by atoms with E-state index < -0.39 is 5.91 Å². The largest absolute Gasteiger partial charge is 0.365 e. The highest BCUT2D eigenvalue weighted by molar-refractivity contribution is 5.98. The number of aromatic nitrogens is 1. The molecule has 5 heteroatoms. The Morgan fingerprint density at radius 2 is 2.21 bits per heavy atom. The summed E-state index contributed by atoms with van der Waals surface area (Å²) in [5.41, 5.74) is 14.4. The first kappa shape index (κ1) is 12.4. The zero-order valence-corrected chi connectivity index (χ0v) is 11.2. The molecule has 1 aliphatic heterocycles. The zero-order chi connectivity index (χ0) is 13.6. The molecule has 1 aromatic heterocycles. The number of amides is 1. The molecule has 0 bridgehead atoms. The first-order valence-electron chi connectivity index (χ1n) is 6.89. The lowest BCUT2D eigenvalue weighted by molar-refractivity contribution is 0.100. The number of anilines is 1. The summed E-state index contributed by atoms with van der Waals surface area (Å²) in [5.74, 6) is 0.744. The average Bonchev–Trinajstić information content (AvgIpc) is 2.94. The summed E-state index contributed by atoms with van der Waals surface area (Å²) >= 11 is 0. The third kappa shape index (κ3) is 2.08. The molecule has 2 heterocycles. The topological polar surface area (TPSA) is 85.2 Å². The first-order valence-corrected chi connectivity index (χ1v) is 6.89. The number of nitrogens with two attached hydrogens (primary N) is 2. The minimum Gasteiger partial charge on any atom is -0.365 e. The normalized spacial score (nSPS) is 25.7. The van der Waals surface area contributed by atoms with Gasteiger partial charge < -0.3 is 16.4 Å². The number of rotatable bonds is 2. The van der Waals surface area contributed by atoms with Crippen LogP contribution < -0.4 is 16.4 Å². The molecule has 0 radical (unpaired) electrons. The Morgan fingerprint density at radius 1 is 1.42 bits per heavy atom. The second kappa shape index (κ2) is 4.49. The van der Waals surface area contributed by atoms with Gasteiger partial charge in [-0.25, -0.2) is 4.98 Å². The molecule has 2 aliphatic rings. The zero-order valence-electron chi connectivity index (χ0n) is 11.2. The Kier molecular flexibility index (Phi) is 2.93. The highest BCUT2D eigenvalue weighted by atomic mass is 16.1. The summed E-state index contributed by atoms with van der Waals surface area (Å²) in [7, 11) is 0. The smallest absolute Gasteiger partial charge is 0.252 e. The van der Waals surface area contributed by atoms with Crippen LogP contribution in [0.15, 0.2) is 6.07 Å². The Balaban J connectivity index is 2.02. The Labute approximate surface area is 113 Å². The molecule has 19 heavy (non-hydrogen) atoms. The van der Waals surface area contributed by atoms with Gasteiger partial charge in [-0.2, -0.15) is 0 Å². The summed E-state index contributed by atoms with van der Waals surface area (Å²) < 4.78 is 0. The van der Waals surface area contributed by atoms with Crippen LogP contribution in [0.2, 0.25) is 0 Å². The minimum atomic E-state index is -0.398. The predicted molar refractivity (Wildman–Crippen MR) is 74.1 cm³/mol. The van der Waals surface area contributed by atoms with Crippen molar-refractivity contribution in [2.24, 2.45) is 17.4 Å². The molecule has 2 unspecified atom stereocenters. The molecule has 1 aliphatic carbocycles. The number of hydrogen-bond acceptors (Lipinski definition) is 4. The van der Waals surface area contributed by atoms with Crippen LogP contribution in [-0.2, 0) is 12.8 Å². The van der Waals surface area contributed by atoms with E-state index in [1.807, 2.05) is 6.07 Å². The molecular formula is C14H20N4O. The molecule has 1 amide bonds. The standard InChI is InChI=1S/C14H20N4O/c1-8-6-18(7-11(8)15)14-10(13(16)19)5-9-3-2-4-12(9)17-14/h5,8,11H,2-4,6-7,15H2,1H3,(H2,16,19). The number of carbonyl (C=O) groups excluding carboxylic acids is 1. The molecule has 0 spiro atoms. The van der Waals surface area contributed by atoms with Gasteiger partial charge in [-0.3, -0.25) is 4.79 Å². The van der Waals surface area contributed by atoms with E-state index in [2.05, 4.69) is 11.8 Å². The average molecular weight is 260 g/mol. The van der Waals surface area contributed by atoms with Crippen LogP contribution in [0.25, 0.3) is 0 Å². The van der Waals surface area contributed by atoms with Gasteiger partial charge in [-0.05, 0) is 36.8 Å². The number of fused-ring (bicyclic) bond motifs is 1. The van der Waals surface area contributed by atoms with E-state index in [1.165, 1.54) is 5.56 Å². The fourth-order valence-electron chi connectivity index (χ4n) is 3.05. The van der Waals surface area contributed by atoms with Crippen LogP contribution in [0.3, 0.4) is 0 Å². The van der Waals surface area contributed by atoms with Gasteiger partial charge in [0.25, 0.3) is 5.91 Å². The SMILES string of the molecule is CC1CN(c2nc3c(cc2C(N)=O)CCC3)CC1N. The van der Waals surface area contributed by atoms with Crippen LogP contribution in [0.4, 0.5) is 5.82 Å². The van der Waals surface area contributed by atoms with Gasteiger partial charge in [0.1, 0.15) is 5.82 Å². The third-order valence-corrected chi connectivity index (χ3v) is 4.27. The maximum absolute atomic E-state index is 11.7. The molecule has 102 valence electrons. The van der Waals surface area contributed by atoms with Crippen LogP contribution in [0, 0.1) is 5.92 Å². The Hall–Kier alpha value is -1.62. The second-order valence-corrected chi connectivity index (χ2v) is 5.73. The van der Waals surface area contributed by atoms with Gasteiger partial charge in [-0.15, -0.1) is 0 Å². The Morgan fingerprint density at radius 3 is 2.84 bits per heavy atom. The van der Waals surface area contributed by atoms with E-state index in [1.54, 1.807) is 0 Å². The van der Waals surface area contributed by atoms with E-state index in [9.17, 15) is 4.79 Å². The van der Waals surface area contributed by atoms with Gasteiger partial charge in [0.15, 0.2) is 0 Å². The van der Waals surface area contributed by atoms with Crippen molar-refractivity contribution in [2.75, 3.05) is 18.0 Å². The number of nitrogens with zero attached hydrogens (tertiary/aromatic N) is 2. The maximum Gasteiger partial charge on any atom is 0.252 e. The molecule has 0 aromatic carbocycles. The van der Waals surface area contributed by atoms with Gasteiger partial charge in [0.05, 0.1) is 5.56 Å². The van der Waals surface area contributed by atoms with Crippen molar-refractivity contribution in [2.45, 2.75) is 32.2 Å². The van der Waals surface area contributed by atoms with Gasteiger partial charge in [0, 0.05) is 24.8 Å². The van der Waals surface area contributed by atoms with Crippen molar-refractivity contribution in [1.29, 1.82) is 0 Å². The van der Waals surface area contributed by atoms with Crippen molar-refractivity contribution in [3.63, 3.8) is 0 Å². The lowest BCUT2D eigenvalue weighted by atomic mass is 10.1. The predicted octanol–water partition coefficient (Wildman–Crippen LogP) is 0.453. The number of primary amides is 1. The van der Waals surface area contributed by atoms with Crippen molar-refractivity contribution in [3.8, 4) is 0 Å². The van der Waals surface area contributed by atoms with Gasteiger partial charge in [0.2, 0.25) is 0 Å². The molecule has 1 fully saturated rings. The number of aryl methyl sites for hydroxylation is 2. The lowest BCUT2D eigenvalue weighted by Crippen LogP contribution is -2.30. The molecule has 0 saturated carbocycles. The summed E-state index contributed by atoms with van der Waals surface area (Å²) in [6, 6.07) is 2.07. The van der Waals surface area contributed by atoms with E-state index >= 15 is 0 Å². The minimum absolute atomic E-state index is 0.135. The van der Waals surface area contributed by atoms with Crippen molar-refractivity contribution < 1.29 is 4.79 Å². The highest BCUT2D eigenvalue weighted by Crippen LogP contribution is 2.30. The summed E-state index contributed by atoms with van der Waals surface area (Å²) in [5, 5.41) is 0. The van der Waals surface area contributed by atoms with Crippen LogP contribution in [-0.4, -0.2) is 30.0 Å². The van der Waals surface area contributed by atoms with E-state index in [-0.39, 0.29) is 6.04 Å². The van der Waals surface area contributed by atoms with Crippen molar-refractivity contribution in [3.05, 3.63) is 22.9 Å². The van der Waals surface area contributed by atoms with E-state index in [0.717, 1.165) is 43.9 Å². The number of hydrogen-bond donors (Lipinski definition) is 2. The number of pyridine rings is 1. The maximum atomic E-state index is 11.7. The Bertz CT molecular complexity index is 518. The van der Waals surface area contributed by atoms with Crippen LogP contribution in [0.5, 0.6) is 0 Å². The summed E-state index contributed by atoms with van der Waals surface area (Å²) in [6.45, 7) is 3.71. The van der Waals surface area contributed by atoms with Crippen LogP contribution >= 0.6 is 0 Å². The molecular weight excluding hydrogens is 240 g/mol. The molecule has 1 aromatic rings. The quantitative estimate of drug-likeness (QED) is 0.808. The fraction of sp³-hybridized carbons (Fsp3) is 0.571. The third-order valence-electron chi connectivity index (χ3n) is 4.27. The highest BCUT2D eigenvalue weighted by Gasteiger charge is 2.31. The molecule has 3 rings (SSSR count). The van der Waals surface area contributed by atoms with Crippen LogP contribution in [0.1, 0.15) is 35.0 Å². The van der Waals surface area contributed by atoms with Crippen molar-refractivity contribution in [1.82, 2.24) is 4.98 Å². The lowest BCUT2D eigenvalue weighted by Gasteiger charge is -2.20. The van der Waals surface area contributed by atoms with Gasteiger partial charge in [-0.1, -0.05) is 6.92 Å². The molecule has 2 atom stereocenters. The summed E-state index contributed by atoms with van der Waals surface area (Å²) in [6.07, 6.45) is 3.11. The summed E-state index contributed by atoms with van der Waals surface area (Å²) in [4.78, 5) is 18.5. The monoisotopic (exact) mass is 260 g/mol. The molecule has 5 nitrogen and oxygen atoms in total. The molecule has 1 saturated heterocycles.